The van der Waals surface area contributed by atoms with E-state index < -0.39 is 67.3 Å². The van der Waals surface area contributed by atoms with Gasteiger partial charge in [-0.15, -0.1) is 0 Å². The van der Waals surface area contributed by atoms with Crippen LogP contribution in [0.1, 0.15) is 44.4 Å². The Hall–Kier alpha value is -4.85. The fourth-order valence-corrected chi connectivity index (χ4v) is 4.53. The van der Waals surface area contributed by atoms with E-state index in [4.69, 9.17) is 38.9 Å². The third kappa shape index (κ3) is 9.33. The van der Waals surface area contributed by atoms with Gasteiger partial charge in [-0.25, -0.2) is 4.79 Å². The van der Waals surface area contributed by atoms with E-state index in [1.54, 1.807) is 25.1 Å². The number of carbonyl (C=O) groups is 5. The van der Waals surface area contributed by atoms with Crippen molar-refractivity contribution in [3.63, 3.8) is 0 Å². The van der Waals surface area contributed by atoms with Crippen LogP contribution in [0.5, 0.6) is 11.5 Å². The third-order valence-electron chi connectivity index (χ3n) is 6.33. The molecule has 0 spiro atoms. The standard InChI is InChI=1S/C30H35NO13/c1-15-11-22(42-30(36)37-6)13-24(23(15)12-20-7-9-21(31)10-8-20)43-29-28(41-19(5)35)27(40-18(4)34)26(39-17(3)33)25(44-29)14-38-16(2)32/h7-11,13,25-29H,12,14,31H2,1-6H3/t25-,26-,27+,28-,29-/m1/s1. The van der Waals surface area contributed by atoms with E-state index in [1.165, 1.54) is 13.0 Å². The molecule has 1 aliphatic heterocycles. The Labute approximate surface area is 253 Å². The van der Waals surface area contributed by atoms with E-state index in [1.807, 2.05) is 12.1 Å². The van der Waals surface area contributed by atoms with Crippen molar-refractivity contribution >= 4 is 35.7 Å². The van der Waals surface area contributed by atoms with Crippen LogP contribution in [0.15, 0.2) is 36.4 Å². The Kier molecular flexibility index (Phi) is 11.5. The molecule has 1 aliphatic rings. The summed E-state index contributed by atoms with van der Waals surface area (Å²) in [5.74, 6) is -2.79. The van der Waals surface area contributed by atoms with Crippen LogP contribution in [0.25, 0.3) is 0 Å². The first-order chi connectivity index (χ1) is 20.8. The Morgan fingerprint density at radius 2 is 1.41 bits per heavy atom. The van der Waals surface area contributed by atoms with Gasteiger partial charge in [0.2, 0.25) is 12.4 Å². The third-order valence-corrected chi connectivity index (χ3v) is 6.33. The molecule has 2 aromatic carbocycles. The highest BCUT2D eigenvalue weighted by atomic mass is 16.7. The number of anilines is 1. The van der Waals surface area contributed by atoms with Crippen molar-refractivity contribution in [1.29, 1.82) is 0 Å². The minimum Gasteiger partial charge on any atom is -0.463 e. The fourth-order valence-electron chi connectivity index (χ4n) is 4.53. The highest BCUT2D eigenvalue weighted by Crippen LogP contribution is 2.36. The number of carbonyl (C=O) groups excluding carboxylic acids is 5. The summed E-state index contributed by atoms with van der Waals surface area (Å²) < 4.78 is 43.8. The summed E-state index contributed by atoms with van der Waals surface area (Å²) in [6.45, 7) is 5.86. The number of nitrogen functional groups attached to an aromatic ring is 1. The van der Waals surface area contributed by atoms with Crippen molar-refractivity contribution in [2.45, 2.75) is 71.7 Å². The van der Waals surface area contributed by atoms with Gasteiger partial charge in [-0.05, 0) is 36.2 Å². The number of hydrogen-bond acceptors (Lipinski definition) is 14. The number of esters is 4. The molecule has 2 N–H and O–H groups in total. The van der Waals surface area contributed by atoms with Gasteiger partial charge in [-0.2, -0.15) is 0 Å². The van der Waals surface area contributed by atoms with Crippen LogP contribution in [-0.2, 0) is 54.0 Å². The molecule has 0 aliphatic carbocycles. The molecule has 0 aromatic heterocycles. The van der Waals surface area contributed by atoms with Crippen LogP contribution < -0.4 is 15.2 Å². The molecule has 14 nitrogen and oxygen atoms in total. The summed E-state index contributed by atoms with van der Waals surface area (Å²) in [7, 11) is 1.15. The molecule has 0 radical (unpaired) electrons. The van der Waals surface area contributed by atoms with Gasteiger partial charge in [0.15, 0.2) is 12.2 Å². The van der Waals surface area contributed by atoms with Gasteiger partial charge >= 0.3 is 30.0 Å². The van der Waals surface area contributed by atoms with Crippen LogP contribution in [0.2, 0.25) is 0 Å². The van der Waals surface area contributed by atoms with Crippen molar-refractivity contribution in [2.24, 2.45) is 0 Å². The number of hydrogen-bond donors (Lipinski definition) is 1. The molecule has 14 heteroatoms. The van der Waals surface area contributed by atoms with E-state index >= 15 is 0 Å². The van der Waals surface area contributed by atoms with E-state index in [-0.39, 0.29) is 11.5 Å². The predicted octanol–water partition coefficient (Wildman–Crippen LogP) is 2.78. The molecule has 2 aromatic rings. The van der Waals surface area contributed by atoms with Gasteiger partial charge in [0.05, 0.1) is 7.11 Å². The van der Waals surface area contributed by atoms with Gasteiger partial charge in [-0.1, -0.05) is 12.1 Å². The lowest BCUT2D eigenvalue weighted by molar-refractivity contribution is -0.288. The monoisotopic (exact) mass is 617 g/mol. The summed E-state index contributed by atoms with van der Waals surface area (Å²) in [5.41, 5.74) is 8.54. The molecule has 0 bridgehead atoms. The number of nitrogens with two attached hydrogens (primary N) is 1. The Bertz CT molecular complexity index is 1370. The quantitative estimate of drug-likeness (QED) is 0.177. The van der Waals surface area contributed by atoms with E-state index in [9.17, 15) is 24.0 Å². The molecule has 1 fully saturated rings. The predicted molar refractivity (Wildman–Crippen MR) is 150 cm³/mol. The molecule has 0 saturated carbocycles. The van der Waals surface area contributed by atoms with E-state index in [0.29, 0.717) is 23.2 Å². The number of ether oxygens (including phenoxy) is 8. The molecule has 238 valence electrons. The molecule has 1 heterocycles. The zero-order valence-electron chi connectivity index (χ0n) is 25.1. The fraction of sp³-hybridized carbons (Fsp3) is 0.433. The summed E-state index contributed by atoms with van der Waals surface area (Å²) in [4.78, 5) is 60.0. The minimum atomic E-state index is -1.51. The zero-order chi connectivity index (χ0) is 32.6. The first-order valence-electron chi connectivity index (χ1n) is 13.5. The molecule has 0 unspecified atom stereocenters. The Morgan fingerprint density at radius 3 is 1.98 bits per heavy atom. The van der Waals surface area contributed by atoms with Gasteiger partial charge in [0, 0.05) is 51.4 Å². The van der Waals surface area contributed by atoms with Crippen LogP contribution in [-0.4, -0.2) is 74.5 Å². The molecule has 0 amide bonds. The zero-order valence-corrected chi connectivity index (χ0v) is 25.1. The molecule has 44 heavy (non-hydrogen) atoms. The summed E-state index contributed by atoms with van der Waals surface area (Å²) in [6.07, 6.45) is -7.64. The lowest BCUT2D eigenvalue weighted by Gasteiger charge is -2.44. The molecule has 5 atom stereocenters. The van der Waals surface area contributed by atoms with Gasteiger partial charge < -0.3 is 43.6 Å². The van der Waals surface area contributed by atoms with Crippen molar-refractivity contribution in [1.82, 2.24) is 0 Å². The van der Waals surface area contributed by atoms with Crippen LogP contribution in [0.4, 0.5) is 10.5 Å². The van der Waals surface area contributed by atoms with Crippen LogP contribution in [0, 0.1) is 6.92 Å². The van der Waals surface area contributed by atoms with Crippen molar-refractivity contribution in [3.05, 3.63) is 53.1 Å². The minimum absolute atomic E-state index is 0.0658. The topological polar surface area (TPSA) is 185 Å². The first-order valence-corrected chi connectivity index (χ1v) is 13.5. The van der Waals surface area contributed by atoms with Crippen molar-refractivity contribution < 1.29 is 61.9 Å². The summed E-state index contributed by atoms with van der Waals surface area (Å²) in [5, 5.41) is 0. The van der Waals surface area contributed by atoms with Gasteiger partial charge in [-0.3, -0.25) is 19.2 Å². The summed E-state index contributed by atoms with van der Waals surface area (Å²) in [6, 6.07) is 10.1. The Balaban J connectivity index is 2.13. The lowest BCUT2D eigenvalue weighted by atomic mass is 9.97. The lowest BCUT2D eigenvalue weighted by Crippen LogP contribution is -2.63. The Morgan fingerprint density at radius 1 is 0.818 bits per heavy atom. The van der Waals surface area contributed by atoms with Crippen LogP contribution >= 0.6 is 0 Å². The SMILES string of the molecule is COC(=O)Oc1cc(C)c(Cc2ccc(N)cc2)c(O[C@@H]2O[C@H](COC(C)=O)[C@@H](OC(C)=O)[C@H](OC(C)=O)[C@H]2OC(C)=O)c1. The van der Waals surface area contributed by atoms with Gasteiger partial charge in [0.1, 0.15) is 24.2 Å². The van der Waals surface area contributed by atoms with Crippen LogP contribution in [0.3, 0.4) is 0 Å². The molecular formula is C30H35NO13. The number of rotatable bonds is 10. The highest BCUT2D eigenvalue weighted by Gasteiger charge is 2.53. The van der Waals surface area contributed by atoms with Crippen molar-refractivity contribution in [3.8, 4) is 11.5 Å². The highest BCUT2D eigenvalue weighted by molar-refractivity contribution is 5.69. The summed E-state index contributed by atoms with van der Waals surface area (Å²) >= 11 is 0. The second kappa shape index (κ2) is 15.0. The maximum absolute atomic E-state index is 12.2. The largest absolute Gasteiger partial charge is 0.513 e. The maximum Gasteiger partial charge on any atom is 0.513 e. The van der Waals surface area contributed by atoms with Gasteiger partial charge in [0.25, 0.3) is 0 Å². The normalized spacial score (nSPS) is 20.9. The molecule has 1 saturated heterocycles. The average Bonchev–Trinajstić information content (AvgIpc) is 2.93. The second-order valence-corrected chi connectivity index (χ2v) is 9.88. The number of methoxy groups -OCH3 is 1. The second-order valence-electron chi connectivity index (χ2n) is 9.88. The number of benzene rings is 2. The van der Waals surface area contributed by atoms with Crippen molar-refractivity contribution in [2.75, 3.05) is 19.5 Å². The smallest absolute Gasteiger partial charge is 0.463 e. The first kappa shape index (κ1) is 33.6. The average molecular weight is 618 g/mol. The molecule has 3 rings (SSSR count). The molecular weight excluding hydrogens is 582 g/mol. The van der Waals surface area contributed by atoms with E-state index in [2.05, 4.69) is 4.74 Å². The number of aryl methyl sites for hydroxylation is 1. The van der Waals surface area contributed by atoms with E-state index in [0.717, 1.165) is 33.4 Å². The maximum atomic E-state index is 12.2.